The van der Waals surface area contributed by atoms with Crippen LogP contribution in [0.15, 0.2) is 12.7 Å². The highest BCUT2D eigenvalue weighted by Crippen LogP contribution is 2.37. The van der Waals surface area contributed by atoms with Crippen LogP contribution < -0.4 is 5.32 Å². The Hall–Kier alpha value is -1.19. The van der Waals surface area contributed by atoms with Crippen molar-refractivity contribution in [2.75, 3.05) is 32.8 Å². The van der Waals surface area contributed by atoms with E-state index >= 15 is 0 Å². The van der Waals surface area contributed by atoms with Gasteiger partial charge in [0.05, 0.1) is 18.5 Å². The predicted molar refractivity (Wildman–Crippen MR) is 84.4 cm³/mol. The third kappa shape index (κ3) is 4.51. The van der Waals surface area contributed by atoms with Gasteiger partial charge in [-0.25, -0.2) is 27.6 Å². The molecule has 1 N–H and O–H groups in total. The molecule has 2 aliphatic rings. The Labute approximate surface area is 144 Å². The molecular formula is C16H25F4N3O2. The smallest absolute Gasteiger partial charge is 0.311 e. The van der Waals surface area contributed by atoms with Crippen LogP contribution in [-0.2, 0) is 9.53 Å². The van der Waals surface area contributed by atoms with Crippen molar-refractivity contribution in [2.24, 2.45) is 5.41 Å². The van der Waals surface area contributed by atoms with Gasteiger partial charge in [0.2, 0.25) is 0 Å². The second kappa shape index (κ2) is 7.59. The molecule has 0 aromatic rings. The average molecular weight is 367 g/mol. The van der Waals surface area contributed by atoms with Gasteiger partial charge >= 0.3 is 5.97 Å². The lowest BCUT2D eigenvalue weighted by atomic mass is 9.89. The zero-order valence-corrected chi connectivity index (χ0v) is 14.5. The van der Waals surface area contributed by atoms with Crippen LogP contribution in [0.2, 0.25) is 0 Å². The molecule has 2 heterocycles. The fourth-order valence-corrected chi connectivity index (χ4v) is 3.32. The summed E-state index contributed by atoms with van der Waals surface area (Å²) in [7, 11) is 0. The molecule has 2 aliphatic heterocycles. The maximum Gasteiger partial charge on any atom is 0.311 e. The summed E-state index contributed by atoms with van der Waals surface area (Å²) < 4.78 is 59.0. The largest absolute Gasteiger partial charge is 0.461 e. The lowest BCUT2D eigenvalue weighted by Gasteiger charge is -2.35. The van der Waals surface area contributed by atoms with E-state index in [1.165, 1.54) is 16.1 Å². The molecule has 2 fully saturated rings. The minimum absolute atomic E-state index is 0.0657. The van der Waals surface area contributed by atoms with Gasteiger partial charge in [-0.15, -0.1) is 0 Å². The molecule has 0 aromatic heterocycles. The van der Waals surface area contributed by atoms with Gasteiger partial charge in [-0.3, -0.25) is 4.79 Å². The van der Waals surface area contributed by atoms with Crippen LogP contribution in [0.3, 0.4) is 0 Å². The van der Waals surface area contributed by atoms with Gasteiger partial charge in [0, 0.05) is 19.1 Å². The molecule has 0 radical (unpaired) electrons. The first-order valence-electron chi connectivity index (χ1n) is 8.27. The Bertz CT molecular complexity index is 502. The Balaban J connectivity index is 2.07. The first-order chi connectivity index (χ1) is 11.6. The maximum atomic E-state index is 14.2. The number of fused-ring (bicyclic) bond motifs is 1. The van der Waals surface area contributed by atoms with Crippen LogP contribution in [0, 0.1) is 5.41 Å². The Morgan fingerprint density at radius 1 is 1.48 bits per heavy atom. The zero-order chi connectivity index (χ0) is 18.8. The summed E-state index contributed by atoms with van der Waals surface area (Å²) >= 11 is 0. The van der Waals surface area contributed by atoms with Gasteiger partial charge in [-0.2, -0.15) is 0 Å². The van der Waals surface area contributed by atoms with Gasteiger partial charge in [-0.05, 0) is 20.3 Å². The van der Waals surface area contributed by atoms with Crippen molar-refractivity contribution in [3.05, 3.63) is 12.7 Å². The third-order valence-electron chi connectivity index (χ3n) is 4.71. The predicted octanol–water partition coefficient (Wildman–Crippen LogP) is 1.91. The molecule has 0 amide bonds. The van der Waals surface area contributed by atoms with Gasteiger partial charge in [0.1, 0.15) is 12.6 Å². The summed E-state index contributed by atoms with van der Waals surface area (Å²) in [6, 6.07) is -1.74. The van der Waals surface area contributed by atoms with Crippen LogP contribution in [0.1, 0.15) is 20.3 Å². The Kier molecular flexibility index (Phi) is 6.11. The summed E-state index contributed by atoms with van der Waals surface area (Å²) in [6.45, 7) is 5.92. The van der Waals surface area contributed by atoms with Crippen molar-refractivity contribution >= 4 is 5.97 Å². The van der Waals surface area contributed by atoms with Gasteiger partial charge in [0.25, 0.3) is 12.3 Å². The number of nitrogens with zero attached hydrogens (tertiary/aromatic N) is 2. The lowest BCUT2D eigenvalue weighted by Crippen LogP contribution is -2.51. The van der Waals surface area contributed by atoms with E-state index in [4.69, 9.17) is 4.74 Å². The minimum atomic E-state index is -3.00. The summed E-state index contributed by atoms with van der Waals surface area (Å²) in [5.41, 5.74) is -0.918. The first kappa shape index (κ1) is 20.1. The molecule has 0 saturated carbocycles. The summed E-state index contributed by atoms with van der Waals surface area (Å²) in [5.74, 6) is -3.48. The van der Waals surface area contributed by atoms with E-state index in [-0.39, 0.29) is 26.1 Å². The minimum Gasteiger partial charge on any atom is -0.461 e. The van der Waals surface area contributed by atoms with E-state index in [0.29, 0.717) is 0 Å². The monoisotopic (exact) mass is 367 g/mol. The van der Waals surface area contributed by atoms with Gasteiger partial charge in [-0.1, -0.05) is 12.7 Å². The molecule has 2 rings (SSSR count). The van der Waals surface area contributed by atoms with E-state index in [1.54, 1.807) is 13.8 Å². The first-order valence-corrected chi connectivity index (χ1v) is 8.27. The summed E-state index contributed by atoms with van der Waals surface area (Å²) in [4.78, 5) is 12.1. The number of hydrogen-bond acceptors (Lipinski definition) is 5. The molecule has 144 valence electrons. The fourth-order valence-electron chi connectivity index (χ4n) is 3.32. The highest BCUT2D eigenvalue weighted by atomic mass is 19.3. The summed E-state index contributed by atoms with van der Waals surface area (Å²) in [6.07, 6.45) is -0.976. The van der Waals surface area contributed by atoms with Crippen molar-refractivity contribution in [3.8, 4) is 0 Å². The molecule has 5 nitrogen and oxygen atoms in total. The van der Waals surface area contributed by atoms with E-state index in [9.17, 15) is 22.4 Å². The number of halogens is 4. The number of alkyl halides is 4. The third-order valence-corrected chi connectivity index (χ3v) is 4.71. The lowest BCUT2D eigenvalue weighted by molar-refractivity contribution is -0.155. The van der Waals surface area contributed by atoms with Crippen LogP contribution in [0.4, 0.5) is 17.6 Å². The topological polar surface area (TPSA) is 44.8 Å². The molecular weight excluding hydrogens is 342 g/mol. The normalized spacial score (nSPS) is 26.8. The van der Waals surface area contributed by atoms with Crippen molar-refractivity contribution < 1.29 is 27.1 Å². The highest BCUT2D eigenvalue weighted by Gasteiger charge is 2.58. The van der Waals surface area contributed by atoms with Crippen molar-refractivity contribution in [1.29, 1.82) is 0 Å². The summed E-state index contributed by atoms with van der Waals surface area (Å²) in [5, 5.41) is 5.28. The molecule has 9 heteroatoms. The van der Waals surface area contributed by atoms with Crippen molar-refractivity contribution in [3.63, 3.8) is 0 Å². The number of carbonyl (C=O) groups is 1. The SMILES string of the molecule is C=CCOC(=O)C(C)(C)CCN1[C@@H]2[C@H](CN1CC(F)F)NCC2(F)F. The number of hydrazine groups is 1. The number of carbonyl (C=O) groups excluding carboxylic acids is 1. The van der Waals surface area contributed by atoms with Crippen LogP contribution in [-0.4, -0.2) is 73.2 Å². The molecule has 2 saturated heterocycles. The molecule has 2 atom stereocenters. The fraction of sp³-hybridized carbons (Fsp3) is 0.812. The average Bonchev–Trinajstić information content (AvgIpc) is 2.99. The number of nitrogens with one attached hydrogen (secondary N) is 1. The van der Waals surface area contributed by atoms with Crippen LogP contribution in [0.5, 0.6) is 0 Å². The molecule has 25 heavy (non-hydrogen) atoms. The zero-order valence-electron chi connectivity index (χ0n) is 14.5. The van der Waals surface area contributed by atoms with Crippen molar-refractivity contribution in [2.45, 2.75) is 44.7 Å². The standard InChI is InChI=1S/C16H25F4N3O2/c1-4-7-25-14(24)15(2,3)5-6-23-13-11(21-10-16(13,19)20)8-22(23)9-12(17)18/h4,11-13,21H,1,5-10H2,2-3H3/t11-,13+/m0/s1. The van der Waals surface area contributed by atoms with Gasteiger partial charge in [0.15, 0.2) is 0 Å². The van der Waals surface area contributed by atoms with Crippen LogP contribution >= 0.6 is 0 Å². The molecule has 0 spiro atoms. The molecule has 0 bridgehead atoms. The number of hydrogen-bond donors (Lipinski definition) is 1. The van der Waals surface area contributed by atoms with E-state index in [0.717, 1.165) is 0 Å². The highest BCUT2D eigenvalue weighted by molar-refractivity contribution is 5.75. The second-order valence-electron chi connectivity index (χ2n) is 7.14. The van der Waals surface area contributed by atoms with Crippen molar-refractivity contribution in [1.82, 2.24) is 15.3 Å². The Morgan fingerprint density at radius 3 is 2.76 bits per heavy atom. The number of esters is 1. The second-order valence-corrected chi connectivity index (χ2v) is 7.14. The molecule has 0 aliphatic carbocycles. The van der Waals surface area contributed by atoms with E-state index in [1.807, 2.05) is 0 Å². The van der Waals surface area contributed by atoms with Gasteiger partial charge < -0.3 is 10.1 Å². The number of ether oxygens (including phenoxy) is 1. The van der Waals surface area contributed by atoms with E-state index < -0.39 is 48.9 Å². The maximum absolute atomic E-state index is 14.2. The quantitative estimate of drug-likeness (QED) is 0.403. The van der Waals surface area contributed by atoms with Crippen LogP contribution in [0.25, 0.3) is 0 Å². The number of rotatable bonds is 8. The van der Waals surface area contributed by atoms with E-state index in [2.05, 4.69) is 11.9 Å². The molecule has 0 aromatic carbocycles. The Morgan fingerprint density at radius 2 is 2.16 bits per heavy atom. The molecule has 0 unspecified atom stereocenters.